The second-order valence-corrected chi connectivity index (χ2v) is 4.85. The summed E-state index contributed by atoms with van der Waals surface area (Å²) in [5.41, 5.74) is 8.70. The first-order chi connectivity index (χ1) is 6.41. The molecule has 0 radical (unpaired) electrons. The number of carbonyl (C=O) groups is 1. The highest BCUT2D eigenvalue weighted by Crippen LogP contribution is 2.36. The Hall–Kier alpha value is -1.06. The van der Waals surface area contributed by atoms with Crippen molar-refractivity contribution in [3.05, 3.63) is 0 Å². The molecule has 0 aliphatic heterocycles. The standard InChI is InChI=1S/C10H19N3O/c1-7-6-10(2,3)5-4-8(7)12-13-9(11)14/h7H,4-6H2,1-3H3,(H3,11,13,14). The van der Waals surface area contributed by atoms with Gasteiger partial charge in [0.2, 0.25) is 0 Å². The first kappa shape index (κ1) is 11.0. The molecule has 1 unspecified atom stereocenters. The van der Waals surface area contributed by atoms with Crippen molar-refractivity contribution >= 4 is 11.7 Å². The minimum atomic E-state index is -0.588. The zero-order valence-electron chi connectivity index (χ0n) is 9.13. The minimum Gasteiger partial charge on any atom is -0.350 e. The number of urea groups is 1. The van der Waals surface area contributed by atoms with Crippen LogP contribution in [-0.2, 0) is 0 Å². The van der Waals surface area contributed by atoms with Gasteiger partial charge in [0, 0.05) is 5.71 Å². The molecule has 2 amide bonds. The molecule has 0 aromatic rings. The number of hydrogen-bond acceptors (Lipinski definition) is 2. The molecule has 1 aliphatic carbocycles. The molecule has 1 fully saturated rings. The van der Waals surface area contributed by atoms with Gasteiger partial charge in [-0.1, -0.05) is 20.8 Å². The van der Waals surface area contributed by atoms with Crippen LogP contribution in [0.5, 0.6) is 0 Å². The number of carbonyl (C=O) groups excluding carboxylic acids is 1. The number of hydrazone groups is 1. The Labute approximate surface area is 84.9 Å². The topological polar surface area (TPSA) is 67.5 Å². The molecule has 0 spiro atoms. The first-order valence-corrected chi connectivity index (χ1v) is 5.02. The third-order valence-electron chi connectivity index (χ3n) is 2.80. The molecule has 0 heterocycles. The Bertz CT molecular complexity index is 258. The van der Waals surface area contributed by atoms with Crippen LogP contribution in [-0.4, -0.2) is 11.7 Å². The predicted molar refractivity (Wildman–Crippen MR) is 57.0 cm³/mol. The molecule has 0 aromatic carbocycles. The highest BCUT2D eigenvalue weighted by molar-refractivity contribution is 5.88. The Morgan fingerprint density at radius 1 is 1.64 bits per heavy atom. The number of nitrogens with zero attached hydrogens (tertiary/aromatic N) is 1. The van der Waals surface area contributed by atoms with E-state index in [1.165, 1.54) is 0 Å². The maximum absolute atomic E-state index is 10.5. The largest absolute Gasteiger partial charge is 0.350 e. The lowest BCUT2D eigenvalue weighted by atomic mass is 9.72. The smallest absolute Gasteiger partial charge is 0.332 e. The quantitative estimate of drug-likeness (QED) is 0.619. The SMILES string of the molecule is CC1CC(C)(C)CCC1=NNC(N)=O. The van der Waals surface area contributed by atoms with Gasteiger partial charge in [-0.15, -0.1) is 0 Å². The van der Waals surface area contributed by atoms with E-state index in [0.717, 1.165) is 25.0 Å². The molecule has 1 atom stereocenters. The van der Waals surface area contributed by atoms with E-state index in [1.807, 2.05) is 0 Å². The van der Waals surface area contributed by atoms with Crippen molar-refractivity contribution in [2.75, 3.05) is 0 Å². The van der Waals surface area contributed by atoms with E-state index < -0.39 is 6.03 Å². The number of nitrogens with one attached hydrogen (secondary N) is 1. The summed E-state index contributed by atoms with van der Waals surface area (Å²) in [7, 11) is 0. The van der Waals surface area contributed by atoms with Gasteiger partial charge in [0.15, 0.2) is 0 Å². The van der Waals surface area contributed by atoms with E-state index in [4.69, 9.17) is 5.73 Å². The molecule has 0 aromatic heterocycles. The number of amides is 2. The van der Waals surface area contributed by atoms with Crippen LogP contribution in [0.3, 0.4) is 0 Å². The van der Waals surface area contributed by atoms with Gasteiger partial charge in [-0.05, 0) is 30.6 Å². The molecule has 1 saturated carbocycles. The molecule has 14 heavy (non-hydrogen) atoms. The van der Waals surface area contributed by atoms with Gasteiger partial charge in [0.25, 0.3) is 0 Å². The van der Waals surface area contributed by atoms with Gasteiger partial charge in [-0.2, -0.15) is 5.10 Å². The maximum Gasteiger partial charge on any atom is 0.332 e. The van der Waals surface area contributed by atoms with E-state index in [-0.39, 0.29) is 0 Å². The summed E-state index contributed by atoms with van der Waals surface area (Å²) < 4.78 is 0. The third kappa shape index (κ3) is 3.01. The zero-order chi connectivity index (χ0) is 10.8. The molecular formula is C10H19N3O. The van der Waals surface area contributed by atoms with Crippen LogP contribution < -0.4 is 11.2 Å². The Morgan fingerprint density at radius 2 is 2.29 bits per heavy atom. The van der Waals surface area contributed by atoms with Crippen molar-refractivity contribution in [3.63, 3.8) is 0 Å². The first-order valence-electron chi connectivity index (χ1n) is 5.02. The summed E-state index contributed by atoms with van der Waals surface area (Å²) in [5.74, 6) is 0.436. The van der Waals surface area contributed by atoms with E-state index in [0.29, 0.717) is 11.3 Å². The third-order valence-corrected chi connectivity index (χ3v) is 2.80. The zero-order valence-corrected chi connectivity index (χ0v) is 9.13. The fourth-order valence-corrected chi connectivity index (χ4v) is 2.05. The lowest BCUT2D eigenvalue weighted by Gasteiger charge is -2.34. The minimum absolute atomic E-state index is 0.394. The molecule has 1 aliphatic rings. The van der Waals surface area contributed by atoms with Crippen LogP contribution in [0.2, 0.25) is 0 Å². The normalized spacial score (nSPS) is 28.8. The van der Waals surface area contributed by atoms with Crippen LogP contribution in [0.4, 0.5) is 4.79 Å². The van der Waals surface area contributed by atoms with Crippen LogP contribution >= 0.6 is 0 Å². The second kappa shape index (κ2) is 3.98. The van der Waals surface area contributed by atoms with Crippen LogP contribution in [0.15, 0.2) is 5.10 Å². The summed E-state index contributed by atoms with van der Waals surface area (Å²) in [5, 5.41) is 4.02. The summed E-state index contributed by atoms with van der Waals surface area (Å²) in [6.45, 7) is 6.67. The molecule has 4 heteroatoms. The number of rotatable bonds is 1. The van der Waals surface area contributed by atoms with Gasteiger partial charge < -0.3 is 5.73 Å². The van der Waals surface area contributed by atoms with E-state index in [2.05, 4.69) is 31.3 Å². The Balaban J connectivity index is 2.58. The number of hydrogen-bond donors (Lipinski definition) is 2. The summed E-state index contributed by atoms with van der Waals surface area (Å²) in [6, 6.07) is -0.588. The van der Waals surface area contributed by atoms with Crippen LogP contribution in [0.25, 0.3) is 0 Å². The molecule has 0 saturated heterocycles. The van der Waals surface area contributed by atoms with Crippen molar-refractivity contribution in [1.29, 1.82) is 0 Å². The van der Waals surface area contributed by atoms with Gasteiger partial charge in [-0.25, -0.2) is 10.2 Å². The van der Waals surface area contributed by atoms with Crippen molar-refractivity contribution in [2.24, 2.45) is 22.2 Å². The van der Waals surface area contributed by atoms with Crippen LogP contribution in [0.1, 0.15) is 40.0 Å². The number of primary amides is 1. The summed E-state index contributed by atoms with van der Waals surface area (Å²) in [6.07, 6.45) is 3.19. The molecule has 1 rings (SSSR count). The highest BCUT2D eigenvalue weighted by Gasteiger charge is 2.29. The summed E-state index contributed by atoms with van der Waals surface area (Å²) in [4.78, 5) is 10.5. The summed E-state index contributed by atoms with van der Waals surface area (Å²) >= 11 is 0. The Morgan fingerprint density at radius 3 is 2.79 bits per heavy atom. The molecule has 80 valence electrons. The lowest BCUT2D eigenvalue weighted by molar-refractivity contribution is 0.248. The fourth-order valence-electron chi connectivity index (χ4n) is 2.05. The fraction of sp³-hybridized carbons (Fsp3) is 0.800. The second-order valence-electron chi connectivity index (χ2n) is 4.85. The molecule has 4 nitrogen and oxygen atoms in total. The van der Waals surface area contributed by atoms with Crippen molar-refractivity contribution in [3.8, 4) is 0 Å². The van der Waals surface area contributed by atoms with E-state index >= 15 is 0 Å². The average molecular weight is 197 g/mol. The Kier molecular flexibility index (Phi) is 3.13. The number of nitrogens with two attached hydrogens (primary N) is 1. The predicted octanol–water partition coefficient (Wildman–Crippen LogP) is 1.86. The van der Waals surface area contributed by atoms with Gasteiger partial charge in [0.1, 0.15) is 0 Å². The van der Waals surface area contributed by atoms with Crippen molar-refractivity contribution in [1.82, 2.24) is 5.43 Å². The molecular weight excluding hydrogens is 178 g/mol. The monoisotopic (exact) mass is 197 g/mol. The van der Waals surface area contributed by atoms with E-state index in [1.54, 1.807) is 0 Å². The average Bonchev–Trinajstić information content (AvgIpc) is 2.00. The van der Waals surface area contributed by atoms with Gasteiger partial charge in [-0.3, -0.25) is 0 Å². The lowest BCUT2D eigenvalue weighted by Crippen LogP contribution is -2.32. The highest BCUT2D eigenvalue weighted by atomic mass is 16.2. The van der Waals surface area contributed by atoms with Crippen LogP contribution in [0, 0.1) is 11.3 Å². The van der Waals surface area contributed by atoms with Crippen molar-refractivity contribution in [2.45, 2.75) is 40.0 Å². The molecule has 0 bridgehead atoms. The van der Waals surface area contributed by atoms with Gasteiger partial charge >= 0.3 is 6.03 Å². The maximum atomic E-state index is 10.5. The van der Waals surface area contributed by atoms with E-state index in [9.17, 15) is 4.79 Å². The van der Waals surface area contributed by atoms with Crippen molar-refractivity contribution < 1.29 is 4.79 Å². The molecule has 3 N–H and O–H groups in total. The van der Waals surface area contributed by atoms with Gasteiger partial charge in [0.05, 0.1) is 0 Å².